The molecule has 0 fully saturated rings. The third-order valence-electron chi connectivity index (χ3n) is 5.50. The van der Waals surface area contributed by atoms with Gasteiger partial charge in [0, 0.05) is 12.8 Å². The van der Waals surface area contributed by atoms with Crippen molar-refractivity contribution in [2.45, 2.75) is 56.2 Å². The first-order valence-corrected chi connectivity index (χ1v) is 9.90. The molecule has 0 aromatic heterocycles. The lowest BCUT2D eigenvalue weighted by Gasteiger charge is -2.45. The van der Waals surface area contributed by atoms with E-state index in [0.717, 1.165) is 17.2 Å². The van der Waals surface area contributed by atoms with Crippen molar-refractivity contribution in [3.05, 3.63) is 83.4 Å². The van der Waals surface area contributed by atoms with Gasteiger partial charge in [0.05, 0.1) is 6.61 Å². The maximum atomic E-state index is 11.4. The van der Waals surface area contributed by atoms with Crippen molar-refractivity contribution < 1.29 is 30.6 Å². The molecule has 6 heteroatoms. The lowest BCUT2D eigenvalue weighted by Crippen LogP contribution is -2.66. The third-order valence-corrected chi connectivity index (χ3v) is 5.50. The van der Waals surface area contributed by atoms with Gasteiger partial charge in [-0.25, -0.2) is 0 Å². The van der Waals surface area contributed by atoms with E-state index in [0.29, 0.717) is 11.1 Å². The highest BCUT2D eigenvalue weighted by atomic mass is 16.4. The summed E-state index contributed by atoms with van der Waals surface area (Å²) in [5, 5.41) is 63.7. The fraction of sp³-hybridized carbons (Fsp3) is 0.417. The number of hydrogen-bond donors (Lipinski definition) is 6. The van der Waals surface area contributed by atoms with E-state index < -0.39 is 36.1 Å². The SMILES string of the molecule is C=CC(O)(Cc1cccc(C)c1)[C@@H](O)[C@@](O)(Cc1cccc(C)c1)[C@H](O)[C@@H](O)CO. The van der Waals surface area contributed by atoms with Gasteiger partial charge >= 0.3 is 0 Å². The molecule has 0 bridgehead atoms. The number of benzene rings is 2. The van der Waals surface area contributed by atoms with Crippen molar-refractivity contribution in [2.24, 2.45) is 0 Å². The van der Waals surface area contributed by atoms with Crippen LogP contribution >= 0.6 is 0 Å². The van der Waals surface area contributed by atoms with Crippen molar-refractivity contribution in [1.29, 1.82) is 0 Å². The Bertz CT molecular complexity index is 853. The molecule has 0 amide bonds. The molecule has 0 aliphatic rings. The largest absolute Gasteiger partial charge is 0.394 e. The van der Waals surface area contributed by atoms with Crippen molar-refractivity contribution in [3.8, 4) is 0 Å². The van der Waals surface area contributed by atoms with Crippen LogP contribution in [0.1, 0.15) is 22.3 Å². The van der Waals surface area contributed by atoms with Gasteiger partial charge in [-0.15, -0.1) is 6.58 Å². The Morgan fingerprint density at radius 2 is 1.40 bits per heavy atom. The molecule has 2 rings (SSSR count). The second kappa shape index (κ2) is 9.83. The Morgan fingerprint density at radius 3 is 1.83 bits per heavy atom. The lowest BCUT2D eigenvalue weighted by atomic mass is 9.73. The normalized spacial score (nSPS) is 18.7. The summed E-state index contributed by atoms with van der Waals surface area (Å²) in [7, 11) is 0. The van der Waals surface area contributed by atoms with E-state index in [1.165, 1.54) is 0 Å². The summed E-state index contributed by atoms with van der Waals surface area (Å²) in [5.74, 6) is 0. The van der Waals surface area contributed by atoms with Crippen molar-refractivity contribution in [3.63, 3.8) is 0 Å². The molecule has 0 spiro atoms. The van der Waals surface area contributed by atoms with Crippen molar-refractivity contribution >= 4 is 0 Å². The fourth-order valence-electron chi connectivity index (χ4n) is 3.81. The van der Waals surface area contributed by atoms with Gasteiger partial charge in [0.1, 0.15) is 29.5 Å². The smallest absolute Gasteiger partial charge is 0.126 e. The molecule has 0 aliphatic heterocycles. The van der Waals surface area contributed by atoms with Crippen LogP contribution in [-0.4, -0.2) is 66.8 Å². The number of rotatable bonds is 10. The maximum absolute atomic E-state index is 11.4. The molecule has 5 atom stereocenters. The van der Waals surface area contributed by atoms with Crippen molar-refractivity contribution in [1.82, 2.24) is 0 Å². The van der Waals surface area contributed by atoms with E-state index in [1.807, 2.05) is 38.1 Å². The van der Waals surface area contributed by atoms with E-state index in [4.69, 9.17) is 0 Å². The van der Waals surface area contributed by atoms with E-state index in [2.05, 4.69) is 6.58 Å². The van der Waals surface area contributed by atoms with E-state index in [9.17, 15) is 30.6 Å². The van der Waals surface area contributed by atoms with Gasteiger partial charge in [-0.05, 0) is 25.0 Å². The van der Waals surface area contributed by atoms with Gasteiger partial charge in [-0.3, -0.25) is 0 Å². The zero-order valence-corrected chi connectivity index (χ0v) is 17.4. The number of aliphatic hydroxyl groups excluding tert-OH is 4. The first-order chi connectivity index (χ1) is 14.1. The Kier molecular flexibility index (Phi) is 7.93. The molecular weight excluding hydrogens is 384 g/mol. The Hall–Kier alpha value is -2.06. The van der Waals surface area contributed by atoms with E-state index >= 15 is 0 Å². The zero-order chi connectivity index (χ0) is 22.5. The van der Waals surface area contributed by atoms with Crippen LogP contribution < -0.4 is 0 Å². The van der Waals surface area contributed by atoms with Crippen LogP contribution in [0.5, 0.6) is 0 Å². The number of hydrogen-bond acceptors (Lipinski definition) is 6. The first kappa shape index (κ1) is 24.2. The minimum Gasteiger partial charge on any atom is -0.394 e. The van der Waals surface area contributed by atoms with Gasteiger partial charge in [0.2, 0.25) is 0 Å². The van der Waals surface area contributed by atoms with Gasteiger partial charge in [-0.2, -0.15) is 0 Å². The molecule has 164 valence electrons. The highest BCUT2D eigenvalue weighted by molar-refractivity contribution is 5.29. The molecular formula is C24H32O6. The summed E-state index contributed by atoms with van der Waals surface area (Å²) in [6.45, 7) is 6.54. The Balaban J connectivity index is 2.47. The van der Waals surface area contributed by atoms with Crippen LogP contribution in [0.4, 0.5) is 0 Å². The molecule has 1 unspecified atom stereocenters. The highest BCUT2D eigenvalue weighted by Gasteiger charge is 2.53. The summed E-state index contributed by atoms with van der Waals surface area (Å²) < 4.78 is 0. The summed E-state index contributed by atoms with van der Waals surface area (Å²) in [6, 6.07) is 14.4. The molecule has 0 heterocycles. The predicted molar refractivity (Wildman–Crippen MR) is 115 cm³/mol. The third kappa shape index (κ3) is 5.35. The average Bonchev–Trinajstić information content (AvgIpc) is 2.71. The van der Waals surface area contributed by atoms with Crippen LogP contribution in [-0.2, 0) is 12.8 Å². The topological polar surface area (TPSA) is 121 Å². The van der Waals surface area contributed by atoms with E-state index in [1.54, 1.807) is 24.3 Å². The van der Waals surface area contributed by atoms with Crippen LogP contribution in [0, 0.1) is 13.8 Å². The molecule has 6 N–H and O–H groups in total. The quantitative estimate of drug-likeness (QED) is 0.319. The lowest BCUT2D eigenvalue weighted by molar-refractivity contribution is -0.218. The molecule has 0 aliphatic carbocycles. The summed E-state index contributed by atoms with van der Waals surface area (Å²) in [6.07, 6.45) is -4.78. The van der Waals surface area contributed by atoms with Crippen molar-refractivity contribution in [2.75, 3.05) is 6.61 Å². The monoisotopic (exact) mass is 416 g/mol. The number of aryl methyl sites for hydroxylation is 2. The average molecular weight is 417 g/mol. The minimum absolute atomic E-state index is 0.0720. The number of aliphatic hydroxyl groups is 6. The zero-order valence-electron chi connectivity index (χ0n) is 17.4. The first-order valence-electron chi connectivity index (χ1n) is 9.90. The predicted octanol–water partition coefficient (Wildman–Crippen LogP) is 0.812. The Labute approximate surface area is 177 Å². The fourth-order valence-corrected chi connectivity index (χ4v) is 3.81. The van der Waals surface area contributed by atoms with E-state index in [-0.39, 0.29) is 12.8 Å². The molecule has 0 saturated heterocycles. The van der Waals surface area contributed by atoms with Crippen LogP contribution in [0.3, 0.4) is 0 Å². The van der Waals surface area contributed by atoms with Gasteiger partial charge < -0.3 is 30.6 Å². The molecule has 0 saturated carbocycles. The van der Waals surface area contributed by atoms with Gasteiger partial charge in [0.25, 0.3) is 0 Å². The summed E-state index contributed by atoms with van der Waals surface area (Å²) >= 11 is 0. The molecule has 2 aromatic carbocycles. The second-order valence-electron chi connectivity index (χ2n) is 8.12. The van der Waals surface area contributed by atoms with Gasteiger partial charge in [-0.1, -0.05) is 65.7 Å². The highest BCUT2D eigenvalue weighted by Crippen LogP contribution is 2.33. The molecule has 6 nitrogen and oxygen atoms in total. The van der Waals surface area contributed by atoms with Gasteiger partial charge in [0.15, 0.2) is 0 Å². The summed E-state index contributed by atoms with van der Waals surface area (Å²) in [5.41, 5.74) is -1.24. The second-order valence-corrected chi connectivity index (χ2v) is 8.12. The minimum atomic E-state index is -2.37. The standard InChI is InChI=1S/C24H32O6/c1-4-23(29,13-18-9-5-7-16(2)11-18)22(28)24(30,21(27)20(26)15-25)14-19-10-6-8-17(3)12-19/h4-12,20-22,25-30H,1,13-15H2,2-3H3/t20-,21+,22+,23?,24+/m0/s1. The van der Waals surface area contributed by atoms with Crippen LogP contribution in [0.15, 0.2) is 61.2 Å². The molecule has 30 heavy (non-hydrogen) atoms. The molecule has 0 radical (unpaired) electrons. The Morgan fingerprint density at radius 1 is 0.900 bits per heavy atom. The maximum Gasteiger partial charge on any atom is 0.126 e. The molecule has 2 aromatic rings. The van der Waals surface area contributed by atoms with Crippen LogP contribution in [0.2, 0.25) is 0 Å². The van der Waals surface area contributed by atoms with Crippen LogP contribution in [0.25, 0.3) is 0 Å². The summed E-state index contributed by atoms with van der Waals surface area (Å²) in [4.78, 5) is 0.